The summed E-state index contributed by atoms with van der Waals surface area (Å²) in [5, 5.41) is 18.9. The fourth-order valence-electron chi connectivity index (χ4n) is 3.53. The van der Waals surface area contributed by atoms with Crippen LogP contribution in [0.15, 0.2) is 0 Å². The molecule has 0 aromatic carbocycles. The number of aliphatic hydroxyl groups is 1. The highest BCUT2D eigenvalue weighted by atomic mass is 32.2. The fourth-order valence-corrected chi connectivity index (χ4v) is 4.31. The Morgan fingerprint density at radius 2 is 1.96 bits per heavy atom. The van der Waals surface area contributed by atoms with Crippen LogP contribution in [-0.4, -0.2) is 91.0 Å². The third-order valence-electron chi connectivity index (χ3n) is 4.99. The quantitative estimate of drug-likeness (QED) is 0.598. The maximum atomic E-state index is 12.6. The number of sulfonamides is 1. The van der Waals surface area contributed by atoms with Crippen LogP contribution >= 0.6 is 0 Å². The van der Waals surface area contributed by atoms with Crippen molar-refractivity contribution < 1.29 is 33.0 Å². The summed E-state index contributed by atoms with van der Waals surface area (Å²) >= 11 is 0. The van der Waals surface area contributed by atoms with Crippen molar-refractivity contribution in [3.8, 4) is 0 Å². The third-order valence-corrected chi connectivity index (χ3v) is 6.20. The second-order valence-corrected chi connectivity index (χ2v) is 9.08. The van der Waals surface area contributed by atoms with Crippen LogP contribution in [0.1, 0.15) is 32.1 Å². The van der Waals surface area contributed by atoms with Crippen LogP contribution in [0.25, 0.3) is 0 Å². The van der Waals surface area contributed by atoms with Crippen molar-refractivity contribution in [2.75, 3.05) is 39.0 Å². The van der Waals surface area contributed by atoms with Crippen LogP contribution in [0.4, 0.5) is 0 Å². The first-order valence-corrected chi connectivity index (χ1v) is 10.8. The monoisotopic (exact) mass is 392 g/mol. The molecule has 150 valence electrons. The fraction of sp³-hybridized carbons (Fsp3) is 0.875. The Morgan fingerprint density at radius 1 is 1.27 bits per heavy atom. The van der Waals surface area contributed by atoms with E-state index < -0.39 is 34.7 Å². The van der Waals surface area contributed by atoms with E-state index in [4.69, 9.17) is 9.84 Å². The van der Waals surface area contributed by atoms with E-state index in [0.29, 0.717) is 6.54 Å². The number of nitrogens with zero attached hydrogens (tertiary/aromatic N) is 2. The SMILES string of the molecule is CS(=O)(=O)N(CC(=O)O)CC1CN(C(=O)C[C@@H]2CCCC[C@H]2O)CCO1. The van der Waals surface area contributed by atoms with Gasteiger partial charge in [0.2, 0.25) is 15.9 Å². The lowest BCUT2D eigenvalue weighted by atomic mass is 9.84. The lowest BCUT2D eigenvalue weighted by Crippen LogP contribution is -2.51. The molecule has 0 bridgehead atoms. The zero-order valence-electron chi connectivity index (χ0n) is 15.0. The molecule has 1 unspecified atom stereocenters. The molecule has 9 nitrogen and oxygen atoms in total. The van der Waals surface area contributed by atoms with Gasteiger partial charge in [0.15, 0.2) is 0 Å². The number of carbonyl (C=O) groups excluding carboxylic acids is 1. The second kappa shape index (κ2) is 9.12. The summed E-state index contributed by atoms with van der Waals surface area (Å²) < 4.78 is 29.9. The smallest absolute Gasteiger partial charge is 0.318 e. The molecule has 2 N–H and O–H groups in total. The molecular formula is C16H28N2O7S. The third kappa shape index (κ3) is 6.19. The topological polar surface area (TPSA) is 124 Å². The number of hydrogen-bond acceptors (Lipinski definition) is 6. The molecule has 1 saturated carbocycles. The number of carboxylic acids is 1. The summed E-state index contributed by atoms with van der Waals surface area (Å²) in [7, 11) is -3.69. The number of amides is 1. The van der Waals surface area contributed by atoms with Gasteiger partial charge in [-0.1, -0.05) is 12.8 Å². The van der Waals surface area contributed by atoms with Crippen LogP contribution in [0.2, 0.25) is 0 Å². The van der Waals surface area contributed by atoms with E-state index >= 15 is 0 Å². The maximum absolute atomic E-state index is 12.6. The molecule has 0 radical (unpaired) electrons. The summed E-state index contributed by atoms with van der Waals surface area (Å²) in [6, 6.07) is 0. The Bertz CT molecular complexity index is 610. The minimum Gasteiger partial charge on any atom is -0.480 e. The summed E-state index contributed by atoms with van der Waals surface area (Å²) in [5.41, 5.74) is 0. The normalized spacial score (nSPS) is 27.5. The van der Waals surface area contributed by atoms with E-state index in [9.17, 15) is 23.1 Å². The molecule has 1 heterocycles. The molecule has 1 aliphatic heterocycles. The highest BCUT2D eigenvalue weighted by Crippen LogP contribution is 2.27. The van der Waals surface area contributed by atoms with E-state index in [1.807, 2.05) is 0 Å². The summed E-state index contributed by atoms with van der Waals surface area (Å²) in [6.45, 7) is 0.152. The Labute approximate surface area is 154 Å². The van der Waals surface area contributed by atoms with Gasteiger partial charge >= 0.3 is 5.97 Å². The number of aliphatic carboxylic acids is 1. The van der Waals surface area contributed by atoms with Crippen molar-refractivity contribution in [2.24, 2.45) is 5.92 Å². The van der Waals surface area contributed by atoms with Crippen LogP contribution in [0, 0.1) is 5.92 Å². The molecule has 26 heavy (non-hydrogen) atoms. The minimum absolute atomic E-state index is 0.0305. The van der Waals surface area contributed by atoms with Gasteiger partial charge in [0.1, 0.15) is 6.54 Å². The predicted molar refractivity (Wildman–Crippen MR) is 93.0 cm³/mol. The molecule has 2 aliphatic rings. The maximum Gasteiger partial charge on any atom is 0.318 e. The van der Waals surface area contributed by atoms with Gasteiger partial charge in [0, 0.05) is 26.1 Å². The van der Waals surface area contributed by atoms with E-state index in [1.165, 1.54) is 0 Å². The van der Waals surface area contributed by atoms with Gasteiger partial charge in [-0.2, -0.15) is 4.31 Å². The average molecular weight is 392 g/mol. The second-order valence-electron chi connectivity index (χ2n) is 7.10. The van der Waals surface area contributed by atoms with Crippen LogP contribution < -0.4 is 0 Å². The van der Waals surface area contributed by atoms with Crippen molar-refractivity contribution in [3.63, 3.8) is 0 Å². The van der Waals surface area contributed by atoms with Crippen LogP contribution in [-0.2, 0) is 24.3 Å². The standard InChI is InChI=1S/C16H28N2O7S/c1-26(23,24)18(11-16(21)22)10-13-9-17(6-7-25-13)15(20)8-12-4-2-3-5-14(12)19/h12-14,19H,2-11H2,1H3,(H,21,22)/t12-,13?,14+/m0/s1. The van der Waals surface area contributed by atoms with Gasteiger partial charge in [0.25, 0.3) is 0 Å². The van der Waals surface area contributed by atoms with Crippen molar-refractivity contribution in [1.82, 2.24) is 9.21 Å². The van der Waals surface area contributed by atoms with Crippen molar-refractivity contribution in [2.45, 2.75) is 44.3 Å². The molecule has 2 rings (SSSR count). The number of rotatable bonds is 7. The van der Waals surface area contributed by atoms with E-state index in [-0.39, 0.29) is 37.9 Å². The summed E-state index contributed by atoms with van der Waals surface area (Å²) in [4.78, 5) is 25.1. The van der Waals surface area contributed by atoms with Gasteiger partial charge < -0.3 is 19.8 Å². The zero-order chi connectivity index (χ0) is 19.3. The Kier molecular flexibility index (Phi) is 7.39. The molecule has 1 saturated heterocycles. The van der Waals surface area contributed by atoms with E-state index in [1.54, 1.807) is 4.90 Å². The number of morpholine rings is 1. The Hall–Kier alpha value is -1.23. The molecule has 1 amide bonds. The van der Waals surface area contributed by atoms with Gasteiger partial charge in [-0.15, -0.1) is 0 Å². The van der Waals surface area contributed by atoms with Gasteiger partial charge in [-0.05, 0) is 18.8 Å². The molecule has 2 fully saturated rings. The zero-order valence-corrected chi connectivity index (χ0v) is 15.9. The van der Waals surface area contributed by atoms with Crippen LogP contribution in [0.3, 0.4) is 0 Å². The van der Waals surface area contributed by atoms with Crippen LogP contribution in [0.5, 0.6) is 0 Å². The summed E-state index contributed by atoms with van der Waals surface area (Å²) in [5.74, 6) is -1.35. The average Bonchev–Trinajstić information content (AvgIpc) is 2.55. The van der Waals surface area contributed by atoms with Gasteiger partial charge in [-0.25, -0.2) is 8.42 Å². The largest absolute Gasteiger partial charge is 0.480 e. The van der Waals surface area contributed by atoms with E-state index in [0.717, 1.165) is 36.2 Å². The molecule has 0 aromatic heterocycles. The number of carbonyl (C=O) groups is 2. The first-order chi connectivity index (χ1) is 12.2. The Balaban J connectivity index is 1.92. The van der Waals surface area contributed by atoms with Crippen molar-refractivity contribution >= 4 is 21.9 Å². The predicted octanol–water partition coefficient (Wildman–Crippen LogP) is -0.499. The number of carboxylic acid groups (broad SMARTS) is 1. The van der Waals surface area contributed by atoms with Gasteiger partial charge in [-0.3, -0.25) is 9.59 Å². The Morgan fingerprint density at radius 3 is 2.58 bits per heavy atom. The molecular weight excluding hydrogens is 364 g/mol. The number of hydrogen-bond donors (Lipinski definition) is 2. The number of ether oxygens (including phenoxy) is 1. The minimum atomic E-state index is -3.69. The highest BCUT2D eigenvalue weighted by molar-refractivity contribution is 7.88. The molecule has 0 aromatic rings. The molecule has 3 atom stereocenters. The van der Waals surface area contributed by atoms with E-state index in [2.05, 4.69) is 0 Å². The number of aliphatic hydroxyl groups excluding tert-OH is 1. The lowest BCUT2D eigenvalue weighted by Gasteiger charge is -2.36. The highest BCUT2D eigenvalue weighted by Gasteiger charge is 2.32. The van der Waals surface area contributed by atoms with Crippen molar-refractivity contribution in [3.05, 3.63) is 0 Å². The van der Waals surface area contributed by atoms with Gasteiger partial charge in [0.05, 0.1) is 25.1 Å². The molecule has 1 aliphatic carbocycles. The molecule has 10 heteroatoms. The lowest BCUT2D eigenvalue weighted by molar-refractivity contribution is -0.143. The van der Waals surface area contributed by atoms with Crippen molar-refractivity contribution in [1.29, 1.82) is 0 Å². The summed E-state index contributed by atoms with van der Waals surface area (Å²) in [6.07, 6.45) is 3.77. The first-order valence-electron chi connectivity index (χ1n) is 8.91. The molecule has 0 spiro atoms. The first kappa shape index (κ1) is 21.1.